The van der Waals surface area contributed by atoms with Gasteiger partial charge in [0.2, 0.25) is 11.9 Å². The van der Waals surface area contributed by atoms with E-state index in [2.05, 4.69) is 10.3 Å². The maximum absolute atomic E-state index is 13.5. The molecule has 0 bridgehead atoms. The number of rotatable bonds is 5. The number of nitrogens with zero attached hydrogens (tertiary/aromatic N) is 3. The molecule has 1 aromatic heterocycles. The average molecular weight is 424 g/mol. The molecule has 0 radical (unpaired) electrons. The fourth-order valence-electron chi connectivity index (χ4n) is 4.08. The number of aryl methyl sites for hydroxylation is 1. The molecule has 5 rings (SSSR count). The Morgan fingerprint density at radius 3 is 2.12 bits per heavy atom. The van der Waals surface area contributed by atoms with Gasteiger partial charge in [0, 0.05) is 13.5 Å². The lowest BCUT2D eigenvalue weighted by molar-refractivity contribution is -0.120. The Labute approximate surface area is 184 Å². The quantitative estimate of drug-likeness (QED) is 0.498. The maximum Gasteiger partial charge on any atom is 0.262 e. The van der Waals surface area contributed by atoms with Gasteiger partial charge in [0.1, 0.15) is 6.04 Å². The molecule has 0 unspecified atom stereocenters. The number of anilines is 1. The zero-order valence-corrected chi connectivity index (χ0v) is 17.4. The van der Waals surface area contributed by atoms with Crippen LogP contribution in [0.25, 0.3) is 11.0 Å². The minimum Gasteiger partial charge on any atom is -0.313 e. The molecule has 7 heteroatoms. The number of aromatic nitrogens is 2. The number of nitrogens with one attached hydrogen (secondary N) is 1. The first-order valence-corrected chi connectivity index (χ1v) is 10.3. The Hall–Kier alpha value is -4.26. The van der Waals surface area contributed by atoms with Crippen LogP contribution in [0.3, 0.4) is 0 Å². The summed E-state index contributed by atoms with van der Waals surface area (Å²) in [5, 5.41) is 2.83. The van der Waals surface area contributed by atoms with Gasteiger partial charge in [-0.2, -0.15) is 0 Å². The molecule has 0 fully saturated rings. The smallest absolute Gasteiger partial charge is 0.262 e. The number of carbonyl (C=O) groups is 3. The third-order valence-corrected chi connectivity index (χ3v) is 5.73. The van der Waals surface area contributed by atoms with Crippen LogP contribution in [0.2, 0.25) is 0 Å². The fraction of sp³-hybridized carbons (Fsp3) is 0.120. The zero-order valence-electron chi connectivity index (χ0n) is 17.4. The molecule has 3 aromatic carbocycles. The molecule has 7 nitrogen and oxygen atoms in total. The number of benzene rings is 3. The predicted octanol–water partition coefficient (Wildman–Crippen LogP) is 3.42. The van der Waals surface area contributed by atoms with Crippen LogP contribution in [-0.2, 0) is 18.3 Å². The van der Waals surface area contributed by atoms with Crippen molar-refractivity contribution >= 4 is 34.7 Å². The largest absolute Gasteiger partial charge is 0.313 e. The SMILES string of the molecule is Cn1c(NC(=O)[C@@H](Cc2ccccc2)N2C(=O)c3ccccc3C2=O)nc2ccccc21. The van der Waals surface area contributed by atoms with Crippen molar-refractivity contribution in [2.24, 2.45) is 7.05 Å². The van der Waals surface area contributed by atoms with Crippen LogP contribution in [0.4, 0.5) is 5.95 Å². The van der Waals surface area contributed by atoms with Crippen molar-refractivity contribution in [3.05, 3.63) is 95.6 Å². The van der Waals surface area contributed by atoms with Crippen molar-refractivity contribution in [1.82, 2.24) is 14.5 Å². The molecule has 0 saturated heterocycles. The first-order valence-electron chi connectivity index (χ1n) is 10.3. The molecule has 0 aliphatic carbocycles. The van der Waals surface area contributed by atoms with Gasteiger partial charge in [-0.15, -0.1) is 0 Å². The number of hydrogen-bond acceptors (Lipinski definition) is 4. The molecule has 0 saturated carbocycles. The highest BCUT2D eigenvalue weighted by Gasteiger charge is 2.42. The summed E-state index contributed by atoms with van der Waals surface area (Å²) in [6.07, 6.45) is 0.197. The number of para-hydroxylation sites is 2. The Balaban J connectivity index is 1.51. The Morgan fingerprint density at radius 1 is 0.875 bits per heavy atom. The summed E-state index contributed by atoms with van der Waals surface area (Å²) in [5.74, 6) is -1.05. The van der Waals surface area contributed by atoms with E-state index in [0.29, 0.717) is 17.1 Å². The van der Waals surface area contributed by atoms with Gasteiger partial charge in [-0.3, -0.25) is 24.6 Å². The molecule has 1 N–H and O–H groups in total. The summed E-state index contributed by atoms with van der Waals surface area (Å²) in [6, 6.07) is 22.5. The molecule has 0 spiro atoms. The molecule has 1 aliphatic heterocycles. The Bertz CT molecular complexity index is 1330. The van der Waals surface area contributed by atoms with Crippen molar-refractivity contribution in [3.63, 3.8) is 0 Å². The summed E-state index contributed by atoms with van der Waals surface area (Å²) >= 11 is 0. The highest BCUT2D eigenvalue weighted by Crippen LogP contribution is 2.27. The van der Waals surface area contributed by atoms with Crippen molar-refractivity contribution in [2.45, 2.75) is 12.5 Å². The van der Waals surface area contributed by atoms with Crippen LogP contribution >= 0.6 is 0 Å². The normalized spacial score (nSPS) is 14.0. The lowest BCUT2D eigenvalue weighted by Crippen LogP contribution is -2.48. The topological polar surface area (TPSA) is 84.3 Å². The molecule has 4 aromatic rings. The first-order chi connectivity index (χ1) is 15.5. The van der Waals surface area contributed by atoms with E-state index in [9.17, 15) is 14.4 Å². The van der Waals surface area contributed by atoms with Crippen LogP contribution in [0.1, 0.15) is 26.3 Å². The number of imidazole rings is 1. The van der Waals surface area contributed by atoms with E-state index in [1.807, 2.05) is 54.6 Å². The molecule has 3 amide bonds. The standard InChI is InChI=1S/C25H20N4O3/c1-28-20-14-8-7-13-19(20)26-25(28)27-22(30)21(15-16-9-3-2-4-10-16)29-23(31)17-11-5-6-12-18(17)24(29)32/h2-14,21H,15H2,1H3,(H,26,27,30)/t21-/m1/s1. The number of imide groups is 1. The second kappa shape index (κ2) is 7.77. The molecule has 158 valence electrons. The van der Waals surface area contributed by atoms with Gasteiger partial charge in [0.15, 0.2) is 0 Å². The van der Waals surface area contributed by atoms with E-state index in [1.165, 1.54) is 0 Å². The van der Waals surface area contributed by atoms with E-state index >= 15 is 0 Å². The maximum atomic E-state index is 13.5. The van der Waals surface area contributed by atoms with E-state index in [-0.39, 0.29) is 6.42 Å². The Morgan fingerprint density at radius 2 is 1.47 bits per heavy atom. The minimum absolute atomic E-state index is 0.197. The molecular formula is C25H20N4O3. The molecule has 2 heterocycles. The van der Waals surface area contributed by atoms with Crippen molar-refractivity contribution in [2.75, 3.05) is 5.32 Å². The molecular weight excluding hydrogens is 404 g/mol. The molecule has 1 atom stereocenters. The van der Waals surface area contributed by atoms with Crippen molar-refractivity contribution < 1.29 is 14.4 Å². The predicted molar refractivity (Wildman–Crippen MR) is 120 cm³/mol. The lowest BCUT2D eigenvalue weighted by Gasteiger charge is -2.25. The second-order valence-corrected chi connectivity index (χ2v) is 7.70. The van der Waals surface area contributed by atoms with Gasteiger partial charge in [0.05, 0.1) is 22.2 Å². The number of carbonyl (C=O) groups excluding carboxylic acids is 3. The third-order valence-electron chi connectivity index (χ3n) is 5.73. The highest BCUT2D eigenvalue weighted by atomic mass is 16.2. The molecule has 32 heavy (non-hydrogen) atoms. The number of amides is 3. The summed E-state index contributed by atoms with van der Waals surface area (Å²) in [5.41, 5.74) is 3.07. The van der Waals surface area contributed by atoms with Gasteiger partial charge >= 0.3 is 0 Å². The van der Waals surface area contributed by atoms with Crippen LogP contribution in [-0.4, -0.2) is 38.2 Å². The zero-order chi connectivity index (χ0) is 22.2. The summed E-state index contributed by atoms with van der Waals surface area (Å²) in [7, 11) is 1.80. The van der Waals surface area contributed by atoms with Crippen LogP contribution < -0.4 is 5.32 Å². The second-order valence-electron chi connectivity index (χ2n) is 7.70. The number of fused-ring (bicyclic) bond motifs is 2. The minimum atomic E-state index is -1.02. The first kappa shape index (κ1) is 19.7. The van der Waals surface area contributed by atoms with Gasteiger partial charge < -0.3 is 4.57 Å². The summed E-state index contributed by atoms with van der Waals surface area (Å²) in [4.78, 5) is 45.2. The Kier molecular flexibility index (Phi) is 4.78. The van der Waals surface area contributed by atoms with Crippen molar-refractivity contribution in [1.29, 1.82) is 0 Å². The van der Waals surface area contributed by atoms with Gasteiger partial charge in [-0.1, -0.05) is 54.6 Å². The van der Waals surface area contributed by atoms with E-state index in [0.717, 1.165) is 21.5 Å². The third kappa shape index (κ3) is 3.24. The van der Waals surface area contributed by atoms with Crippen molar-refractivity contribution in [3.8, 4) is 0 Å². The molecule has 1 aliphatic rings. The van der Waals surface area contributed by atoms with Crippen LogP contribution in [0.5, 0.6) is 0 Å². The van der Waals surface area contributed by atoms with Crippen LogP contribution in [0, 0.1) is 0 Å². The average Bonchev–Trinajstić information content (AvgIpc) is 3.27. The highest BCUT2D eigenvalue weighted by molar-refractivity contribution is 6.23. The van der Waals surface area contributed by atoms with Gasteiger partial charge in [-0.25, -0.2) is 4.98 Å². The summed E-state index contributed by atoms with van der Waals surface area (Å²) < 4.78 is 1.77. The van der Waals surface area contributed by atoms with E-state index < -0.39 is 23.8 Å². The summed E-state index contributed by atoms with van der Waals surface area (Å²) in [6.45, 7) is 0. The van der Waals surface area contributed by atoms with Gasteiger partial charge in [-0.05, 0) is 29.8 Å². The van der Waals surface area contributed by atoms with E-state index in [4.69, 9.17) is 0 Å². The van der Waals surface area contributed by atoms with E-state index in [1.54, 1.807) is 35.9 Å². The van der Waals surface area contributed by atoms with Crippen LogP contribution in [0.15, 0.2) is 78.9 Å². The lowest BCUT2D eigenvalue weighted by atomic mass is 10.0. The fourth-order valence-corrected chi connectivity index (χ4v) is 4.08. The number of hydrogen-bond donors (Lipinski definition) is 1. The monoisotopic (exact) mass is 424 g/mol. The van der Waals surface area contributed by atoms with Gasteiger partial charge in [0.25, 0.3) is 11.8 Å².